The van der Waals surface area contributed by atoms with Crippen LogP contribution in [0, 0.1) is 11.8 Å². The summed E-state index contributed by atoms with van der Waals surface area (Å²) in [5.74, 6) is 6.82. The molecule has 0 unspecified atom stereocenters. The van der Waals surface area contributed by atoms with E-state index in [0.29, 0.717) is 11.4 Å². The molecule has 1 aromatic carbocycles. The Morgan fingerprint density at radius 3 is 3.00 bits per heavy atom. The normalized spacial score (nSPS) is 11.7. The van der Waals surface area contributed by atoms with Crippen LogP contribution in [0.4, 0.5) is 5.82 Å². The van der Waals surface area contributed by atoms with Crippen molar-refractivity contribution in [2.75, 3.05) is 11.9 Å². The minimum atomic E-state index is -0.104. The van der Waals surface area contributed by atoms with Crippen LogP contribution in [0.3, 0.4) is 0 Å². The maximum absolute atomic E-state index is 9.14. The van der Waals surface area contributed by atoms with Crippen LogP contribution in [-0.4, -0.2) is 37.9 Å². The van der Waals surface area contributed by atoms with Gasteiger partial charge in [-0.2, -0.15) is 5.10 Å². The molecular weight excluding hydrogens is 278 g/mol. The zero-order chi connectivity index (χ0) is 15.4. The standard InChI is InChI=1S/C16H15N5O/c1-11(9-22)20-16-13(7-17-10-18-16)6-5-12-3-2-4-15-14(12)8-19-21-15/h2-4,7-8,10-11,22H,9H2,1H3,(H,19,21)(H,17,18,20)/t11-/m1/s1. The summed E-state index contributed by atoms with van der Waals surface area (Å²) in [4.78, 5) is 8.19. The molecule has 3 aromatic rings. The fraction of sp³-hybridized carbons (Fsp3) is 0.188. The first-order chi connectivity index (χ1) is 10.8. The molecule has 0 spiro atoms. The zero-order valence-corrected chi connectivity index (χ0v) is 12.0. The summed E-state index contributed by atoms with van der Waals surface area (Å²) in [6.07, 6.45) is 4.87. The Kier molecular flexibility index (Phi) is 3.99. The number of benzene rings is 1. The van der Waals surface area contributed by atoms with Gasteiger partial charge in [0.2, 0.25) is 0 Å². The van der Waals surface area contributed by atoms with E-state index in [1.165, 1.54) is 6.33 Å². The lowest BCUT2D eigenvalue weighted by atomic mass is 10.1. The van der Waals surface area contributed by atoms with Crippen LogP contribution >= 0.6 is 0 Å². The van der Waals surface area contributed by atoms with E-state index in [-0.39, 0.29) is 12.6 Å². The van der Waals surface area contributed by atoms with E-state index >= 15 is 0 Å². The predicted molar refractivity (Wildman–Crippen MR) is 84.3 cm³/mol. The van der Waals surface area contributed by atoms with Gasteiger partial charge in [-0.1, -0.05) is 17.9 Å². The molecule has 2 aromatic heterocycles. The van der Waals surface area contributed by atoms with Crippen LogP contribution < -0.4 is 5.32 Å². The van der Waals surface area contributed by atoms with Gasteiger partial charge in [-0.15, -0.1) is 0 Å². The second-order valence-electron chi connectivity index (χ2n) is 4.90. The molecule has 0 saturated heterocycles. The summed E-state index contributed by atoms with van der Waals surface area (Å²) in [6, 6.07) is 5.72. The van der Waals surface area contributed by atoms with E-state index in [2.05, 4.69) is 37.3 Å². The monoisotopic (exact) mass is 293 g/mol. The smallest absolute Gasteiger partial charge is 0.145 e. The number of H-pyrrole nitrogens is 1. The van der Waals surface area contributed by atoms with Crippen LogP contribution in [0.25, 0.3) is 10.9 Å². The van der Waals surface area contributed by atoms with Crippen molar-refractivity contribution in [2.45, 2.75) is 13.0 Å². The van der Waals surface area contributed by atoms with Crippen molar-refractivity contribution in [2.24, 2.45) is 0 Å². The Morgan fingerprint density at radius 2 is 2.14 bits per heavy atom. The molecule has 0 aliphatic heterocycles. The predicted octanol–water partition coefficient (Wildman–Crippen LogP) is 1.55. The number of nitrogens with one attached hydrogen (secondary N) is 2. The number of aromatic nitrogens is 4. The van der Waals surface area contributed by atoms with Gasteiger partial charge < -0.3 is 10.4 Å². The Labute approximate surface area is 127 Å². The molecule has 3 N–H and O–H groups in total. The number of nitrogens with zero attached hydrogens (tertiary/aromatic N) is 3. The second kappa shape index (κ2) is 6.24. The molecule has 1 atom stereocenters. The highest BCUT2D eigenvalue weighted by Crippen LogP contribution is 2.15. The first-order valence-corrected chi connectivity index (χ1v) is 6.89. The Hall–Kier alpha value is -2.91. The van der Waals surface area contributed by atoms with Crippen molar-refractivity contribution in [3.05, 3.63) is 48.0 Å². The number of fused-ring (bicyclic) bond motifs is 1. The molecular formula is C16H15N5O. The maximum Gasteiger partial charge on any atom is 0.145 e. The van der Waals surface area contributed by atoms with E-state index in [1.54, 1.807) is 12.4 Å². The minimum absolute atomic E-state index is 0.0190. The minimum Gasteiger partial charge on any atom is -0.394 e. The van der Waals surface area contributed by atoms with Gasteiger partial charge in [-0.05, 0) is 19.1 Å². The Morgan fingerprint density at radius 1 is 1.27 bits per heavy atom. The van der Waals surface area contributed by atoms with Gasteiger partial charge in [0.1, 0.15) is 12.1 Å². The first-order valence-electron chi connectivity index (χ1n) is 6.89. The number of hydrogen-bond donors (Lipinski definition) is 3. The van der Waals surface area contributed by atoms with Crippen molar-refractivity contribution >= 4 is 16.7 Å². The van der Waals surface area contributed by atoms with E-state index < -0.39 is 0 Å². The molecule has 22 heavy (non-hydrogen) atoms. The van der Waals surface area contributed by atoms with E-state index in [1.807, 2.05) is 25.1 Å². The Bertz CT molecular complexity index is 846. The van der Waals surface area contributed by atoms with Crippen molar-refractivity contribution < 1.29 is 5.11 Å². The Balaban J connectivity index is 1.96. The highest BCUT2D eigenvalue weighted by Gasteiger charge is 2.05. The molecule has 0 bridgehead atoms. The second-order valence-corrected chi connectivity index (χ2v) is 4.90. The topological polar surface area (TPSA) is 86.7 Å². The number of aliphatic hydroxyl groups is 1. The van der Waals surface area contributed by atoms with Crippen molar-refractivity contribution in [3.63, 3.8) is 0 Å². The molecule has 0 amide bonds. The molecule has 3 rings (SSSR count). The highest BCUT2D eigenvalue weighted by atomic mass is 16.3. The number of anilines is 1. The molecule has 0 aliphatic rings. The van der Waals surface area contributed by atoms with Crippen LogP contribution in [0.5, 0.6) is 0 Å². The molecule has 0 radical (unpaired) electrons. The third-order valence-corrected chi connectivity index (χ3v) is 3.19. The van der Waals surface area contributed by atoms with E-state index in [4.69, 9.17) is 5.11 Å². The summed E-state index contributed by atoms with van der Waals surface area (Å²) in [6.45, 7) is 1.89. The summed E-state index contributed by atoms with van der Waals surface area (Å²) in [5.41, 5.74) is 2.52. The van der Waals surface area contributed by atoms with Gasteiger partial charge in [0, 0.05) is 23.2 Å². The lowest BCUT2D eigenvalue weighted by molar-refractivity contribution is 0.281. The highest BCUT2D eigenvalue weighted by molar-refractivity contribution is 5.84. The SMILES string of the molecule is C[C@H](CO)Nc1ncncc1C#Cc1cccc2[nH]ncc12. The molecule has 0 fully saturated rings. The number of aliphatic hydroxyl groups excluding tert-OH is 1. The summed E-state index contributed by atoms with van der Waals surface area (Å²) < 4.78 is 0. The van der Waals surface area contributed by atoms with Crippen molar-refractivity contribution in [1.29, 1.82) is 0 Å². The van der Waals surface area contributed by atoms with Gasteiger partial charge in [-0.3, -0.25) is 5.10 Å². The fourth-order valence-corrected chi connectivity index (χ4v) is 2.03. The molecule has 0 aliphatic carbocycles. The van der Waals surface area contributed by atoms with Gasteiger partial charge >= 0.3 is 0 Å². The summed E-state index contributed by atoms with van der Waals surface area (Å²) >= 11 is 0. The quantitative estimate of drug-likeness (QED) is 0.638. The van der Waals surface area contributed by atoms with Gasteiger partial charge in [0.15, 0.2) is 0 Å². The average Bonchev–Trinajstić information content (AvgIpc) is 3.03. The summed E-state index contributed by atoms with van der Waals surface area (Å²) in [5, 5.41) is 20.2. The first kappa shape index (κ1) is 14.0. The molecule has 6 nitrogen and oxygen atoms in total. The largest absolute Gasteiger partial charge is 0.394 e. The number of rotatable bonds is 3. The van der Waals surface area contributed by atoms with Crippen molar-refractivity contribution in [1.82, 2.24) is 20.2 Å². The molecule has 6 heteroatoms. The molecule has 2 heterocycles. The van der Waals surface area contributed by atoms with Gasteiger partial charge in [0.25, 0.3) is 0 Å². The van der Waals surface area contributed by atoms with Crippen LogP contribution in [0.2, 0.25) is 0 Å². The lowest BCUT2D eigenvalue weighted by Crippen LogP contribution is -2.20. The fourth-order valence-electron chi connectivity index (χ4n) is 2.03. The van der Waals surface area contributed by atoms with Crippen LogP contribution in [0.1, 0.15) is 18.1 Å². The number of hydrogen-bond acceptors (Lipinski definition) is 5. The summed E-state index contributed by atoms with van der Waals surface area (Å²) in [7, 11) is 0. The average molecular weight is 293 g/mol. The van der Waals surface area contributed by atoms with Crippen LogP contribution in [0.15, 0.2) is 36.9 Å². The molecule has 0 saturated carbocycles. The van der Waals surface area contributed by atoms with Gasteiger partial charge in [0.05, 0.1) is 23.9 Å². The van der Waals surface area contributed by atoms with E-state index in [9.17, 15) is 0 Å². The van der Waals surface area contributed by atoms with Gasteiger partial charge in [-0.25, -0.2) is 9.97 Å². The third-order valence-electron chi connectivity index (χ3n) is 3.19. The third kappa shape index (κ3) is 2.90. The molecule has 110 valence electrons. The zero-order valence-electron chi connectivity index (χ0n) is 12.0. The van der Waals surface area contributed by atoms with Crippen molar-refractivity contribution in [3.8, 4) is 11.8 Å². The lowest BCUT2D eigenvalue weighted by Gasteiger charge is -2.11. The number of aromatic amines is 1. The van der Waals surface area contributed by atoms with E-state index in [0.717, 1.165) is 16.5 Å². The maximum atomic E-state index is 9.14. The van der Waals surface area contributed by atoms with Crippen LogP contribution in [-0.2, 0) is 0 Å².